The van der Waals surface area contributed by atoms with Gasteiger partial charge >= 0.3 is 0 Å². The van der Waals surface area contributed by atoms with E-state index in [0.29, 0.717) is 13.2 Å². The van der Waals surface area contributed by atoms with Gasteiger partial charge in [-0.05, 0) is 37.1 Å². The van der Waals surface area contributed by atoms with Gasteiger partial charge in [-0.1, -0.05) is 13.8 Å². The summed E-state index contributed by atoms with van der Waals surface area (Å²) in [6, 6.07) is 5.61. The van der Waals surface area contributed by atoms with E-state index >= 15 is 0 Å². The van der Waals surface area contributed by atoms with Gasteiger partial charge in [0.25, 0.3) is 0 Å². The number of ether oxygens (including phenoxy) is 1. The molecule has 1 amide bonds. The lowest BCUT2D eigenvalue weighted by Gasteiger charge is -2.09. The van der Waals surface area contributed by atoms with Crippen molar-refractivity contribution in [3.05, 3.63) is 23.8 Å². The Morgan fingerprint density at radius 2 is 2.17 bits per heavy atom. The number of nitrogens with two attached hydrogens (primary N) is 1. The Bertz CT molecular complexity index is 403. The normalized spacial score (nSPS) is 10.4. The van der Waals surface area contributed by atoms with Crippen LogP contribution in [0.3, 0.4) is 0 Å². The highest BCUT2D eigenvalue weighted by Crippen LogP contribution is 2.18. The molecular weight excluding hydrogens is 228 g/mol. The molecule has 18 heavy (non-hydrogen) atoms. The zero-order chi connectivity index (χ0) is 13.5. The van der Waals surface area contributed by atoms with Gasteiger partial charge in [0.15, 0.2) is 0 Å². The number of nitrogen functional groups attached to an aromatic ring is 1. The molecule has 100 valence electrons. The van der Waals surface area contributed by atoms with Crippen molar-refractivity contribution < 1.29 is 9.53 Å². The number of rotatable bonds is 6. The van der Waals surface area contributed by atoms with E-state index in [4.69, 9.17) is 10.5 Å². The maximum absolute atomic E-state index is 11.3. The summed E-state index contributed by atoms with van der Waals surface area (Å²) in [4.78, 5) is 11.3. The second-order valence-electron chi connectivity index (χ2n) is 4.67. The number of hydrogen-bond donors (Lipinski definition) is 2. The van der Waals surface area contributed by atoms with E-state index in [-0.39, 0.29) is 11.8 Å². The Labute approximate surface area is 109 Å². The molecule has 0 fully saturated rings. The minimum absolute atomic E-state index is 0.0330. The number of aryl methyl sites for hydroxylation is 1. The summed E-state index contributed by atoms with van der Waals surface area (Å²) in [5, 5.41) is 2.85. The highest BCUT2D eigenvalue weighted by Gasteiger charge is 2.04. The van der Waals surface area contributed by atoms with Crippen molar-refractivity contribution in [1.82, 2.24) is 5.32 Å². The van der Waals surface area contributed by atoms with Gasteiger partial charge in [0.2, 0.25) is 5.91 Å². The van der Waals surface area contributed by atoms with Crippen LogP contribution in [0.1, 0.15) is 25.8 Å². The summed E-state index contributed by atoms with van der Waals surface area (Å²) < 4.78 is 5.58. The molecule has 0 radical (unpaired) electrons. The quantitative estimate of drug-likeness (QED) is 0.600. The van der Waals surface area contributed by atoms with Crippen LogP contribution < -0.4 is 15.8 Å². The average Bonchev–Trinajstić information content (AvgIpc) is 2.32. The van der Waals surface area contributed by atoms with Crippen LogP contribution in [0.4, 0.5) is 5.69 Å². The number of anilines is 1. The molecule has 0 aliphatic heterocycles. The van der Waals surface area contributed by atoms with Gasteiger partial charge in [-0.25, -0.2) is 0 Å². The molecule has 4 heteroatoms. The standard InChI is InChI=1S/C14H22N2O2/c1-10(2)14(17)16-7-4-8-18-12-5-6-13(15)11(3)9-12/h5-6,9-10H,4,7-8,15H2,1-3H3,(H,16,17). The largest absolute Gasteiger partial charge is 0.494 e. The first-order valence-electron chi connectivity index (χ1n) is 6.27. The smallest absolute Gasteiger partial charge is 0.222 e. The maximum Gasteiger partial charge on any atom is 0.222 e. The van der Waals surface area contributed by atoms with E-state index in [1.165, 1.54) is 0 Å². The van der Waals surface area contributed by atoms with Crippen LogP contribution in [0.15, 0.2) is 18.2 Å². The van der Waals surface area contributed by atoms with Gasteiger partial charge < -0.3 is 15.8 Å². The molecule has 3 N–H and O–H groups in total. The van der Waals surface area contributed by atoms with Gasteiger partial charge in [0, 0.05) is 18.2 Å². The molecule has 1 aromatic carbocycles. The third kappa shape index (κ3) is 4.65. The lowest BCUT2D eigenvalue weighted by molar-refractivity contribution is -0.123. The lowest BCUT2D eigenvalue weighted by Crippen LogP contribution is -2.29. The molecule has 0 unspecified atom stereocenters. The molecule has 4 nitrogen and oxygen atoms in total. The fraction of sp³-hybridized carbons (Fsp3) is 0.500. The Kier molecular flexibility index (Phi) is 5.49. The lowest BCUT2D eigenvalue weighted by atomic mass is 10.2. The predicted octanol–water partition coefficient (Wildman–Crippen LogP) is 2.12. The van der Waals surface area contributed by atoms with Crippen LogP contribution in [0.5, 0.6) is 5.75 Å². The maximum atomic E-state index is 11.3. The fourth-order valence-electron chi connectivity index (χ4n) is 1.42. The van der Waals surface area contributed by atoms with Gasteiger partial charge in [-0.15, -0.1) is 0 Å². The zero-order valence-corrected chi connectivity index (χ0v) is 11.3. The van der Waals surface area contributed by atoms with Crippen molar-refractivity contribution in [2.75, 3.05) is 18.9 Å². The van der Waals surface area contributed by atoms with Crippen molar-refractivity contribution >= 4 is 11.6 Å². The molecule has 0 spiro atoms. The van der Waals surface area contributed by atoms with Crippen LogP contribution >= 0.6 is 0 Å². The van der Waals surface area contributed by atoms with Crippen molar-refractivity contribution in [3.8, 4) is 5.75 Å². The van der Waals surface area contributed by atoms with Crippen LogP contribution in [0.2, 0.25) is 0 Å². The fourth-order valence-corrected chi connectivity index (χ4v) is 1.42. The third-order valence-corrected chi connectivity index (χ3v) is 2.65. The molecule has 0 aliphatic rings. The van der Waals surface area contributed by atoms with E-state index in [9.17, 15) is 4.79 Å². The number of carbonyl (C=O) groups excluding carboxylic acids is 1. The van der Waals surface area contributed by atoms with Gasteiger partial charge in [-0.3, -0.25) is 4.79 Å². The van der Waals surface area contributed by atoms with E-state index < -0.39 is 0 Å². The molecule has 0 bridgehead atoms. The first kappa shape index (κ1) is 14.4. The second-order valence-corrected chi connectivity index (χ2v) is 4.67. The summed E-state index contributed by atoms with van der Waals surface area (Å²) in [6.07, 6.45) is 0.794. The van der Waals surface area contributed by atoms with Gasteiger partial charge in [-0.2, -0.15) is 0 Å². The van der Waals surface area contributed by atoms with Crippen LogP contribution in [-0.4, -0.2) is 19.1 Å². The second kappa shape index (κ2) is 6.89. The SMILES string of the molecule is Cc1cc(OCCCNC(=O)C(C)C)ccc1N. The molecule has 0 saturated carbocycles. The van der Waals surface area contributed by atoms with Crippen LogP contribution in [0.25, 0.3) is 0 Å². The Morgan fingerprint density at radius 1 is 1.44 bits per heavy atom. The first-order valence-corrected chi connectivity index (χ1v) is 6.27. The molecule has 0 saturated heterocycles. The summed E-state index contributed by atoms with van der Waals surface area (Å²) in [5.74, 6) is 0.931. The van der Waals surface area contributed by atoms with E-state index in [0.717, 1.165) is 23.4 Å². The Morgan fingerprint density at radius 3 is 2.78 bits per heavy atom. The highest BCUT2D eigenvalue weighted by atomic mass is 16.5. The third-order valence-electron chi connectivity index (χ3n) is 2.65. The Balaban J connectivity index is 2.22. The predicted molar refractivity (Wildman–Crippen MR) is 73.6 cm³/mol. The number of carbonyl (C=O) groups is 1. The molecule has 1 rings (SSSR count). The summed E-state index contributed by atoms with van der Waals surface area (Å²) >= 11 is 0. The molecule has 0 heterocycles. The Hall–Kier alpha value is -1.71. The summed E-state index contributed by atoms with van der Waals surface area (Å²) in [7, 11) is 0. The van der Waals surface area contributed by atoms with E-state index in [2.05, 4.69) is 5.32 Å². The average molecular weight is 250 g/mol. The molecule has 0 atom stereocenters. The molecule has 1 aromatic rings. The summed E-state index contributed by atoms with van der Waals surface area (Å²) in [6.45, 7) is 6.93. The number of nitrogens with one attached hydrogen (secondary N) is 1. The minimum atomic E-state index is 0.0330. The molecule has 0 aliphatic carbocycles. The van der Waals surface area contributed by atoms with E-state index in [1.54, 1.807) is 0 Å². The van der Waals surface area contributed by atoms with E-state index in [1.807, 2.05) is 39.0 Å². The topological polar surface area (TPSA) is 64.3 Å². The van der Waals surface area contributed by atoms with Crippen LogP contribution in [0, 0.1) is 12.8 Å². The van der Waals surface area contributed by atoms with Crippen LogP contribution in [-0.2, 0) is 4.79 Å². The zero-order valence-electron chi connectivity index (χ0n) is 11.3. The molecular formula is C14H22N2O2. The van der Waals surface area contributed by atoms with Gasteiger partial charge in [0.1, 0.15) is 5.75 Å². The first-order chi connectivity index (χ1) is 8.50. The number of amides is 1. The van der Waals surface area contributed by atoms with Crippen molar-refractivity contribution in [1.29, 1.82) is 0 Å². The van der Waals surface area contributed by atoms with Crippen molar-refractivity contribution in [2.45, 2.75) is 27.2 Å². The van der Waals surface area contributed by atoms with Gasteiger partial charge in [0.05, 0.1) is 6.61 Å². The van der Waals surface area contributed by atoms with Crippen molar-refractivity contribution in [2.24, 2.45) is 5.92 Å². The summed E-state index contributed by atoms with van der Waals surface area (Å²) in [5.41, 5.74) is 7.51. The molecule has 0 aromatic heterocycles. The minimum Gasteiger partial charge on any atom is -0.494 e. The number of hydrogen-bond acceptors (Lipinski definition) is 3. The highest BCUT2D eigenvalue weighted by molar-refractivity contribution is 5.77. The van der Waals surface area contributed by atoms with Crippen molar-refractivity contribution in [3.63, 3.8) is 0 Å². The monoisotopic (exact) mass is 250 g/mol. The number of benzene rings is 1.